The van der Waals surface area contributed by atoms with Crippen LogP contribution >= 0.6 is 11.6 Å². The zero-order valence-corrected chi connectivity index (χ0v) is 35.9. The van der Waals surface area contributed by atoms with Gasteiger partial charge >= 0.3 is 5.92 Å². The number of carbonyl (C=O) groups excluding carboxylic acids is 2. The van der Waals surface area contributed by atoms with Crippen LogP contribution < -0.4 is 36.0 Å². The first kappa shape index (κ1) is 41.4. The summed E-state index contributed by atoms with van der Waals surface area (Å²) in [6, 6.07) is 10.3. The SMILES string of the molecule is Cn1nc(C2CCC(=O)NC2=O)c2ccc(N3CCN(CC4CCN(c5ncc(Cl)c(Nc6ccc7c(c6)c6c(c(=O)n7C)OCC(F)(F)[C@H](C7CC7)N6)n5)CC4)[C@H](CO)C3)cc21. The minimum atomic E-state index is -3.14. The van der Waals surface area contributed by atoms with Gasteiger partial charge in [0.2, 0.25) is 23.5 Å². The summed E-state index contributed by atoms with van der Waals surface area (Å²) >= 11 is 6.64. The fraction of sp³-hybridized carbons (Fsp3) is 0.500. The molecule has 3 aromatic heterocycles. The van der Waals surface area contributed by atoms with E-state index in [9.17, 15) is 19.5 Å². The van der Waals surface area contributed by atoms with Gasteiger partial charge in [0.05, 0.1) is 53.2 Å². The third-order valence-corrected chi connectivity index (χ3v) is 13.9. The van der Waals surface area contributed by atoms with Crippen molar-refractivity contribution in [1.82, 2.24) is 34.5 Å². The van der Waals surface area contributed by atoms with Crippen molar-refractivity contribution in [3.05, 3.63) is 63.7 Å². The number of aromatic nitrogens is 5. The highest BCUT2D eigenvalue weighted by molar-refractivity contribution is 6.33. The van der Waals surface area contributed by atoms with E-state index >= 15 is 8.78 Å². The smallest absolute Gasteiger partial charge is 0.301 e. The Hall–Kier alpha value is -5.59. The summed E-state index contributed by atoms with van der Waals surface area (Å²) < 4.78 is 39.1. The number of halogens is 3. The van der Waals surface area contributed by atoms with Gasteiger partial charge in [-0.2, -0.15) is 10.1 Å². The zero-order valence-electron chi connectivity index (χ0n) is 35.1. The van der Waals surface area contributed by atoms with Crippen LogP contribution in [0.5, 0.6) is 5.75 Å². The predicted octanol–water partition coefficient (Wildman–Crippen LogP) is 4.75. The van der Waals surface area contributed by atoms with Crippen LogP contribution in [0.4, 0.5) is 37.6 Å². The third kappa shape index (κ3) is 7.79. The topological polar surface area (TPSA) is 175 Å². The number of imide groups is 1. The first-order chi connectivity index (χ1) is 30.3. The molecule has 1 unspecified atom stereocenters. The Labute approximate surface area is 366 Å². The molecule has 0 bridgehead atoms. The number of carbonyl (C=O) groups is 2. The lowest BCUT2D eigenvalue weighted by atomic mass is 9.92. The van der Waals surface area contributed by atoms with E-state index in [1.807, 2.05) is 13.1 Å². The molecule has 5 aliphatic rings. The Bertz CT molecular complexity index is 2680. The highest BCUT2D eigenvalue weighted by atomic mass is 35.5. The van der Waals surface area contributed by atoms with Gasteiger partial charge in [-0.15, -0.1) is 0 Å². The second-order valence-corrected chi connectivity index (χ2v) is 18.1. The van der Waals surface area contributed by atoms with E-state index in [-0.39, 0.29) is 41.8 Å². The number of benzene rings is 2. The van der Waals surface area contributed by atoms with Crippen molar-refractivity contribution >= 4 is 74.0 Å². The van der Waals surface area contributed by atoms with Crippen LogP contribution in [0.3, 0.4) is 0 Å². The van der Waals surface area contributed by atoms with Crippen molar-refractivity contribution in [3.8, 4) is 5.75 Å². The lowest BCUT2D eigenvalue weighted by Gasteiger charge is -2.44. The first-order valence-corrected chi connectivity index (χ1v) is 22.1. The molecule has 0 spiro atoms. The Balaban J connectivity index is 0.783. The number of pyridine rings is 1. The monoisotopic (exact) mass is 885 g/mol. The molecule has 5 aromatic rings. The van der Waals surface area contributed by atoms with E-state index in [1.54, 1.807) is 36.1 Å². The van der Waals surface area contributed by atoms with Crippen LogP contribution in [-0.2, 0) is 23.7 Å². The molecule has 2 aromatic carbocycles. The number of amides is 2. The fourth-order valence-corrected chi connectivity index (χ4v) is 10.0. The van der Waals surface area contributed by atoms with Crippen molar-refractivity contribution < 1.29 is 28.2 Å². The number of nitrogens with one attached hydrogen (secondary N) is 3. The summed E-state index contributed by atoms with van der Waals surface area (Å²) in [5.74, 6) is -3.11. The lowest BCUT2D eigenvalue weighted by molar-refractivity contribution is -0.134. The summed E-state index contributed by atoms with van der Waals surface area (Å²) in [5, 5.41) is 25.8. The number of rotatable bonds is 9. The summed E-state index contributed by atoms with van der Waals surface area (Å²) in [5.41, 5.74) is 3.58. The number of hydrogen-bond acceptors (Lipinski definition) is 13. The van der Waals surface area contributed by atoms with Gasteiger partial charge in [0.1, 0.15) is 5.02 Å². The number of fused-ring (bicyclic) bond motifs is 4. The third-order valence-electron chi connectivity index (χ3n) is 13.6. The molecule has 3 saturated heterocycles. The van der Waals surface area contributed by atoms with Crippen LogP contribution in [0.1, 0.15) is 50.1 Å². The van der Waals surface area contributed by atoms with E-state index < -0.39 is 30.0 Å². The molecule has 1 aliphatic carbocycles. The molecule has 1 saturated carbocycles. The van der Waals surface area contributed by atoms with Gasteiger partial charge in [0.25, 0.3) is 5.56 Å². The van der Waals surface area contributed by atoms with Gasteiger partial charge in [-0.25, -0.2) is 13.8 Å². The summed E-state index contributed by atoms with van der Waals surface area (Å²) in [6.45, 7) is 3.80. The van der Waals surface area contributed by atoms with Gasteiger partial charge < -0.3 is 34.8 Å². The molecular weight excluding hydrogens is 836 g/mol. The molecule has 19 heteroatoms. The second-order valence-electron chi connectivity index (χ2n) is 17.7. The maximum atomic E-state index is 15.2. The predicted molar refractivity (Wildman–Crippen MR) is 236 cm³/mol. The van der Waals surface area contributed by atoms with Crippen LogP contribution in [0.2, 0.25) is 5.02 Å². The van der Waals surface area contributed by atoms with Crippen LogP contribution in [0.15, 0.2) is 47.4 Å². The quantitative estimate of drug-likeness (QED) is 0.150. The number of aliphatic hydroxyl groups is 1. The van der Waals surface area contributed by atoms with Crippen LogP contribution in [-0.4, -0.2) is 117 Å². The van der Waals surface area contributed by atoms with E-state index in [2.05, 4.69) is 47.8 Å². The number of ether oxygens (including phenoxy) is 1. The molecule has 7 heterocycles. The average molecular weight is 886 g/mol. The Morgan fingerprint density at radius 1 is 0.968 bits per heavy atom. The Morgan fingerprint density at radius 2 is 1.78 bits per heavy atom. The number of nitrogens with zero attached hydrogens (tertiary/aromatic N) is 8. The molecule has 4 N–H and O–H groups in total. The highest BCUT2D eigenvalue weighted by Gasteiger charge is 2.51. The highest BCUT2D eigenvalue weighted by Crippen LogP contribution is 2.46. The van der Waals surface area contributed by atoms with Crippen LogP contribution in [0, 0.1) is 11.8 Å². The molecule has 4 fully saturated rings. The van der Waals surface area contributed by atoms with Crippen molar-refractivity contribution in [3.63, 3.8) is 0 Å². The number of anilines is 5. The fourth-order valence-electron chi connectivity index (χ4n) is 9.89. The van der Waals surface area contributed by atoms with E-state index in [1.165, 1.54) is 4.57 Å². The van der Waals surface area contributed by atoms with Crippen molar-refractivity contribution in [2.24, 2.45) is 25.9 Å². The van der Waals surface area contributed by atoms with Gasteiger partial charge in [0.15, 0.2) is 12.4 Å². The summed E-state index contributed by atoms with van der Waals surface area (Å²) in [7, 11) is 3.47. The number of hydrogen-bond donors (Lipinski definition) is 4. The molecular formula is C44H50ClF2N11O5. The van der Waals surface area contributed by atoms with Crippen molar-refractivity contribution in [2.75, 3.05) is 72.9 Å². The van der Waals surface area contributed by atoms with Crippen LogP contribution in [0.25, 0.3) is 21.8 Å². The van der Waals surface area contributed by atoms with Crippen molar-refractivity contribution in [1.29, 1.82) is 0 Å². The largest absolute Gasteiger partial charge is 0.480 e. The maximum Gasteiger partial charge on any atom is 0.301 e. The van der Waals surface area contributed by atoms with Gasteiger partial charge in [0, 0.05) is 81.9 Å². The van der Waals surface area contributed by atoms with Gasteiger partial charge in [-0.1, -0.05) is 11.6 Å². The maximum absolute atomic E-state index is 15.2. The second kappa shape index (κ2) is 16.2. The number of piperazine rings is 1. The van der Waals surface area contributed by atoms with Gasteiger partial charge in [-0.05, 0) is 80.3 Å². The van der Waals surface area contributed by atoms with E-state index in [0.717, 1.165) is 62.2 Å². The Morgan fingerprint density at radius 3 is 2.54 bits per heavy atom. The molecule has 0 radical (unpaired) electrons. The molecule has 332 valence electrons. The number of piperidine rings is 2. The lowest BCUT2D eigenvalue weighted by Crippen LogP contribution is -2.56. The molecule has 3 atom stereocenters. The molecule has 63 heavy (non-hydrogen) atoms. The number of aliphatic hydroxyl groups excluding tert-OH is 1. The molecule has 4 aliphatic heterocycles. The molecule has 16 nitrogen and oxygen atoms in total. The first-order valence-electron chi connectivity index (χ1n) is 21.7. The average Bonchev–Trinajstić information content (AvgIpc) is 4.08. The molecule has 2 amide bonds. The van der Waals surface area contributed by atoms with E-state index in [4.69, 9.17) is 26.4 Å². The normalized spacial score (nSPS) is 23.3. The Kier molecular flexibility index (Phi) is 10.6. The minimum Gasteiger partial charge on any atom is -0.480 e. The van der Waals surface area contributed by atoms with Gasteiger partial charge in [-0.3, -0.25) is 29.3 Å². The molecule has 10 rings (SSSR count). The minimum absolute atomic E-state index is 0.0370. The number of aryl methyl sites for hydroxylation is 2. The van der Waals surface area contributed by atoms with Crippen molar-refractivity contribution in [2.45, 2.75) is 62.4 Å². The van der Waals surface area contributed by atoms with E-state index in [0.29, 0.717) is 77.2 Å². The summed E-state index contributed by atoms with van der Waals surface area (Å²) in [4.78, 5) is 53.9. The number of alkyl halides is 2. The standard InChI is InChI=1S/C44H50ClF2N11O5/c1-54-33-9-5-26(17-31(33)37-38(42(54)62)63-23-44(46,47)39(51-37)25-3-4-25)49-40-32(45)19-48-43(52-40)56-13-11-24(12-14-56)20-57-15-16-58(21-28(57)22-59)27-6-7-29-34(18-27)55(2)53-36(29)30-8-10-35(60)50-41(30)61/h5-7,9,17-19,24-25,28,30,39,51,59H,3-4,8,10-16,20-23H2,1-2H3,(H,48,49,52)(H,50,60,61)/t28-,30?,39-/m0/s1. The summed E-state index contributed by atoms with van der Waals surface area (Å²) in [6.07, 6.45) is 5.54. The zero-order chi connectivity index (χ0) is 43.7.